The van der Waals surface area contributed by atoms with Crippen molar-refractivity contribution in [2.75, 3.05) is 25.0 Å². The molecule has 0 saturated carbocycles. The summed E-state index contributed by atoms with van der Waals surface area (Å²) >= 11 is 1.16. The first-order valence-electron chi connectivity index (χ1n) is 7.02. The fraction of sp³-hybridized carbons (Fsp3) is 0.333. The van der Waals surface area contributed by atoms with Crippen LogP contribution in [0.5, 0.6) is 0 Å². The van der Waals surface area contributed by atoms with Crippen LogP contribution < -0.4 is 9.62 Å². The summed E-state index contributed by atoms with van der Waals surface area (Å²) in [5, 5.41) is 12.0. The number of aliphatic hydroxyl groups is 1. The molecule has 5 nitrogen and oxygen atoms in total. The Bertz CT molecular complexity index is 757. The largest absolute Gasteiger partial charge is 0.387 e. The third-order valence-corrected chi connectivity index (χ3v) is 6.66. The molecule has 0 saturated heterocycles. The topological polar surface area (TPSA) is 69.6 Å². The molecule has 1 aromatic heterocycles. The van der Waals surface area contributed by atoms with E-state index in [0.29, 0.717) is 0 Å². The predicted molar refractivity (Wildman–Crippen MR) is 87.9 cm³/mol. The molecule has 0 amide bonds. The van der Waals surface area contributed by atoms with Crippen molar-refractivity contribution in [3.8, 4) is 0 Å². The number of sulfonamides is 1. The van der Waals surface area contributed by atoms with Gasteiger partial charge in [0.15, 0.2) is 0 Å². The summed E-state index contributed by atoms with van der Waals surface area (Å²) in [5.74, 6) is 0. The standard InChI is InChI=1S/C15H18N2O3S2/c1-17-7-6-11-9-12(4-5-13(11)17)14(18)10-16-22(19,20)15-3-2-8-21-15/h2-5,8-9,14,16,18H,6-7,10H2,1H3/t14-/m0/s1. The van der Waals surface area contributed by atoms with Gasteiger partial charge < -0.3 is 10.0 Å². The predicted octanol–water partition coefficient (Wildman–Crippen LogP) is 1.75. The number of thiophene rings is 1. The van der Waals surface area contributed by atoms with E-state index in [1.165, 1.54) is 11.3 Å². The van der Waals surface area contributed by atoms with Crippen molar-refractivity contribution in [3.63, 3.8) is 0 Å². The van der Waals surface area contributed by atoms with Gasteiger partial charge in [-0.15, -0.1) is 11.3 Å². The molecule has 0 aliphatic carbocycles. The maximum atomic E-state index is 12.0. The van der Waals surface area contributed by atoms with Crippen LogP contribution in [0.25, 0.3) is 0 Å². The highest BCUT2D eigenvalue weighted by Gasteiger charge is 2.20. The Labute approximate surface area is 134 Å². The average molecular weight is 338 g/mol. The minimum atomic E-state index is -3.54. The molecule has 0 bridgehead atoms. The van der Waals surface area contributed by atoms with E-state index < -0.39 is 16.1 Å². The lowest BCUT2D eigenvalue weighted by molar-refractivity contribution is 0.182. The first kappa shape index (κ1) is 15.5. The SMILES string of the molecule is CN1CCc2cc([C@@H](O)CNS(=O)(=O)c3cccs3)ccc21. The van der Waals surface area contributed by atoms with Crippen LogP contribution in [0.2, 0.25) is 0 Å². The van der Waals surface area contributed by atoms with Crippen LogP contribution in [0.15, 0.2) is 39.9 Å². The summed E-state index contributed by atoms with van der Waals surface area (Å²) in [5.41, 5.74) is 3.11. The molecule has 22 heavy (non-hydrogen) atoms. The Morgan fingerprint density at radius 3 is 2.95 bits per heavy atom. The minimum absolute atomic E-state index is 0.0329. The number of benzene rings is 1. The smallest absolute Gasteiger partial charge is 0.250 e. The van der Waals surface area contributed by atoms with Crippen molar-refractivity contribution >= 4 is 27.0 Å². The Balaban J connectivity index is 1.69. The van der Waals surface area contributed by atoms with Crippen molar-refractivity contribution < 1.29 is 13.5 Å². The third-order valence-electron chi connectivity index (χ3n) is 3.84. The van der Waals surface area contributed by atoms with Gasteiger partial charge in [0.25, 0.3) is 0 Å². The molecule has 2 aromatic rings. The lowest BCUT2D eigenvalue weighted by atomic mass is 10.0. The normalized spacial score (nSPS) is 15.8. The second-order valence-corrected chi connectivity index (χ2v) is 8.30. The molecule has 1 aromatic carbocycles. The van der Waals surface area contributed by atoms with Gasteiger partial charge in [0, 0.05) is 25.8 Å². The Kier molecular flexibility index (Phi) is 4.22. The summed E-state index contributed by atoms with van der Waals surface area (Å²) in [4.78, 5) is 2.17. The van der Waals surface area contributed by atoms with E-state index in [0.717, 1.165) is 29.9 Å². The summed E-state index contributed by atoms with van der Waals surface area (Å²) in [6.45, 7) is 0.939. The summed E-state index contributed by atoms with van der Waals surface area (Å²) < 4.78 is 26.8. The van der Waals surface area contributed by atoms with E-state index in [2.05, 4.69) is 9.62 Å². The van der Waals surface area contributed by atoms with E-state index in [1.54, 1.807) is 17.5 Å². The lowest BCUT2D eigenvalue weighted by Crippen LogP contribution is -2.28. The quantitative estimate of drug-likeness (QED) is 0.871. The number of hydrogen-bond donors (Lipinski definition) is 2. The van der Waals surface area contributed by atoms with Crippen molar-refractivity contribution in [3.05, 3.63) is 46.8 Å². The van der Waals surface area contributed by atoms with Crippen LogP contribution in [0.1, 0.15) is 17.2 Å². The molecule has 1 atom stereocenters. The maximum absolute atomic E-state index is 12.0. The summed E-state index contributed by atoms with van der Waals surface area (Å²) in [6, 6.07) is 9.03. The van der Waals surface area contributed by atoms with Crippen LogP contribution in [-0.2, 0) is 16.4 Å². The van der Waals surface area contributed by atoms with Crippen molar-refractivity contribution in [1.29, 1.82) is 0 Å². The van der Waals surface area contributed by atoms with Crippen molar-refractivity contribution in [1.82, 2.24) is 4.72 Å². The highest BCUT2D eigenvalue weighted by molar-refractivity contribution is 7.91. The van der Waals surface area contributed by atoms with Crippen LogP contribution in [0.3, 0.4) is 0 Å². The number of aliphatic hydroxyl groups excluding tert-OH is 1. The number of anilines is 1. The third kappa shape index (κ3) is 3.03. The average Bonchev–Trinajstić information content (AvgIpc) is 3.15. The molecule has 0 radical (unpaired) electrons. The number of rotatable bonds is 5. The number of nitrogens with one attached hydrogen (secondary N) is 1. The van der Waals surface area contributed by atoms with Gasteiger partial charge in [0.1, 0.15) is 4.21 Å². The number of hydrogen-bond acceptors (Lipinski definition) is 5. The van der Waals surface area contributed by atoms with Gasteiger partial charge in [-0.05, 0) is 35.1 Å². The highest BCUT2D eigenvalue weighted by Crippen LogP contribution is 2.29. The van der Waals surface area contributed by atoms with Gasteiger partial charge in [-0.25, -0.2) is 13.1 Å². The summed E-state index contributed by atoms with van der Waals surface area (Å²) in [7, 11) is -1.50. The highest BCUT2D eigenvalue weighted by atomic mass is 32.2. The second kappa shape index (κ2) is 6.00. The lowest BCUT2D eigenvalue weighted by Gasteiger charge is -2.15. The first-order valence-corrected chi connectivity index (χ1v) is 9.39. The molecule has 7 heteroatoms. The van der Waals surface area contributed by atoms with Gasteiger partial charge in [-0.2, -0.15) is 0 Å². The zero-order chi connectivity index (χ0) is 15.7. The number of fused-ring (bicyclic) bond motifs is 1. The van der Waals surface area contributed by atoms with E-state index in [1.807, 2.05) is 25.2 Å². The van der Waals surface area contributed by atoms with Crippen LogP contribution >= 0.6 is 11.3 Å². The van der Waals surface area contributed by atoms with Gasteiger partial charge in [0.2, 0.25) is 10.0 Å². The van der Waals surface area contributed by atoms with Crippen LogP contribution in [0, 0.1) is 0 Å². The molecule has 118 valence electrons. The van der Waals surface area contributed by atoms with E-state index in [9.17, 15) is 13.5 Å². The Morgan fingerprint density at radius 1 is 1.41 bits per heavy atom. The molecule has 0 spiro atoms. The number of nitrogens with zero attached hydrogens (tertiary/aromatic N) is 1. The Morgan fingerprint density at radius 2 is 2.23 bits per heavy atom. The fourth-order valence-corrected chi connectivity index (χ4v) is 4.66. The van der Waals surface area contributed by atoms with Crippen LogP contribution in [0.4, 0.5) is 5.69 Å². The molecule has 3 rings (SSSR count). The van der Waals surface area contributed by atoms with Gasteiger partial charge >= 0.3 is 0 Å². The zero-order valence-corrected chi connectivity index (χ0v) is 13.8. The van der Waals surface area contributed by atoms with Gasteiger partial charge in [0.05, 0.1) is 6.10 Å². The summed E-state index contributed by atoms with van der Waals surface area (Å²) in [6.07, 6.45) is 0.0961. The maximum Gasteiger partial charge on any atom is 0.250 e. The monoisotopic (exact) mass is 338 g/mol. The van der Waals surface area contributed by atoms with Gasteiger partial charge in [-0.1, -0.05) is 18.2 Å². The molecule has 1 aliphatic heterocycles. The molecular weight excluding hydrogens is 320 g/mol. The van der Waals surface area contributed by atoms with Crippen LogP contribution in [-0.4, -0.2) is 33.7 Å². The number of likely N-dealkylation sites (N-methyl/N-ethyl adjacent to an activating group) is 1. The van der Waals surface area contributed by atoms with E-state index in [4.69, 9.17) is 0 Å². The van der Waals surface area contributed by atoms with E-state index >= 15 is 0 Å². The molecule has 2 heterocycles. The molecule has 0 unspecified atom stereocenters. The second-order valence-electron chi connectivity index (χ2n) is 5.36. The van der Waals surface area contributed by atoms with E-state index in [-0.39, 0.29) is 10.8 Å². The zero-order valence-electron chi connectivity index (χ0n) is 12.2. The van der Waals surface area contributed by atoms with Gasteiger partial charge in [-0.3, -0.25) is 0 Å². The molecule has 0 fully saturated rings. The molecule has 1 aliphatic rings. The molecule has 2 N–H and O–H groups in total. The van der Waals surface area contributed by atoms with Crippen molar-refractivity contribution in [2.24, 2.45) is 0 Å². The van der Waals surface area contributed by atoms with Crippen molar-refractivity contribution in [2.45, 2.75) is 16.7 Å². The minimum Gasteiger partial charge on any atom is -0.387 e. The molecular formula is C15H18N2O3S2. The Hall–Kier alpha value is -1.41. The fourth-order valence-electron chi connectivity index (χ4n) is 2.59. The first-order chi connectivity index (χ1) is 10.5.